The second-order valence-corrected chi connectivity index (χ2v) is 2.22. The molecule has 3 N–H and O–H groups in total. The highest BCUT2D eigenvalue weighted by Gasteiger charge is 2.00. The van der Waals surface area contributed by atoms with E-state index in [0.29, 0.717) is 11.1 Å². The smallest absolute Gasteiger partial charge is 0.127 e. The molecule has 57 valence electrons. The monoisotopic (exact) mass is 151 g/mol. The minimum Gasteiger partial charge on any atom is -0.384 e. The van der Waals surface area contributed by atoms with Gasteiger partial charge in [0.25, 0.3) is 0 Å². The normalized spacial score (nSPS) is 9.64. The maximum absolute atomic E-state index is 12.7. The lowest BCUT2D eigenvalue weighted by molar-refractivity contribution is 0.622. The zero-order valence-electron chi connectivity index (χ0n) is 5.89. The van der Waals surface area contributed by atoms with Crippen LogP contribution in [-0.4, -0.2) is 5.84 Å². The molecule has 0 saturated carbocycles. The molecule has 11 heavy (non-hydrogen) atoms. The molecule has 1 aromatic carbocycles. The van der Waals surface area contributed by atoms with Crippen molar-refractivity contribution in [2.24, 2.45) is 5.73 Å². The van der Waals surface area contributed by atoms with Gasteiger partial charge in [-0.05, 0) is 18.6 Å². The SMILES string of the molecule is [CH2]c1ccc(C(=N)N)cc1F. The Balaban J connectivity index is 3.15. The van der Waals surface area contributed by atoms with Crippen LogP contribution in [0.2, 0.25) is 0 Å². The van der Waals surface area contributed by atoms with E-state index in [0.717, 1.165) is 0 Å². The molecule has 3 heteroatoms. The summed E-state index contributed by atoms with van der Waals surface area (Å²) < 4.78 is 12.7. The zero-order chi connectivity index (χ0) is 8.43. The molecule has 0 fully saturated rings. The minimum absolute atomic E-state index is 0.135. The zero-order valence-corrected chi connectivity index (χ0v) is 5.89. The Morgan fingerprint density at radius 3 is 2.64 bits per heavy atom. The van der Waals surface area contributed by atoms with Crippen molar-refractivity contribution < 1.29 is 4.39 Å². The van der Waals surface area contributed by atoms with Crippen LogP contribution in [0.5, 0.6) is 0 Å². The van der Waals surface area contributed by atoms with E-state index in [1.54, 1.807) is 6.07 Å². The van der Waals surface area contributed by atoms with Crippen LogP contribution in [0.15, 0.2) is 18.2 Å². The predicted molar refractivity (Wildman–Crippen MR) is 41.9 cm³/mol. The summed E-state index contributed by atoms with van der Waals surface area (Å²) in [7, 11) is 0. The Morgan fingerprint density at radius 2 is 2.18 bits per heavy atom. The number of nitrogens with one attached hydrogen (secondary N) is 1. The van der Waals surface area contributed by atoms with Gasteiger partial charge in [0.05, 0.1) is 0 Å². The minimum atomic E-state index is -0.433. The fourth-order valence-corrected chi connectivity index (χ4v) is 0.715. The van der Waals surface area contributed by atoms with Crippen LogP contribution >= 0.6 is 0 Å². The maximum atomic E-state index is 12.7. The largest absolute Gasteiger partial charge is 0.384 e. The Kier molecular flexibility index (Phi) is 1.89. The first-order valence-electron chi connectivity index (χ1n) is 3.07. The van der Waals surface area contributed by atoms with E-state index in [1.165, 1.54) is 12.1 Å². The average Bonchev–Trinajstić information content (AvgIpc) is 1.94. The van der Waals surface area contributed by atoms with Crippen molar-refractivity contribution in [1.82, 2.24) is 0 Å². The second-order valence-electron chi connectivity index (χ2n) is 2.22. The predicted octanol–water partition coefficient (Wildman–Crippen LogP) is 1.29. The highest BCUT2D eigenvalue weighted by Crippen LogP contribution is 2.07. The van der Waals surface area contributed by atoms with Crippen molar-refractivity contribution in [3.05, 3.63) is 42.1 Å². The molecule has 0 amide bonds. The van der Waals surface area contributed by atoms with E-state index in [9.17, 15) is 4.39 Å². The van der Waals surface area contributed by atoms with Crippen LogP contribution in [0.3, 0.4) is 0 Å². The third kappa shape index (κ3) is 1.55. The van der Waals surface area contributed by atoms with Crippen molar-refractivity contribution in [3.8, 4) is 0 Å². The number of rotatable bonds is 1. The van der Waals surface area contributed by atoms with E-state index in [-0.39, 0.29) is 5.84 Å². The van der Waals surface area contributed by atoms with Gasteiger partial charge in [-0.15, -0.1) is 0 Å². The van der Waals surface area contributed by atoms with Crippen molar-refractivity contribution in [3.63, 3.8) is 0 Å². The van der Waals surface area contributed by atoms with Gasteiger partial charge in [-0.2, -0.15) is 0 Å². The Hall–Kier alpha value is -1.38. The van der Waals surface area contributed by atoms with Gasteiger partial charge >= 0.3 is 0 Å². The lowest BCUT2D eigenvalue weighted by Crippen LogP contribution is -2.11. The van der Waals surface area contributed by atoms with Crippen LogP contribution < -0.4 is 5.73 Å². The third-order valence-electron chi connectivity index (χ3n) is 1.36. The molecule has 0 aliphatic heterocycles. The van der Waals surface area contributed by atoms with E-state index in [1.807, 2.05) is 0 Å². The van der Waals surface area contributed by atoms with Crippen LogP contribution in [-0.2, 0) is 0 Å². The summed E-state index contributed by atoms with van der Waals surface area (Å²) in [4.78, 5) is 0. The molecule has 0 unspecified atom stereocenters. The Bertz CT molecular complexity index is 294. The van der Waals surface area contributed by atoms with E-state index >= 15 is 0 Å². The maximum Gasteiger partial charge on any atom is 0.127 e. The Labute approximate surface area is 64.4 Å². The van der Waals surface area contributed by atoms with Gasteiger partial charge in [0.1, 0.15) is 11.7 Å². The number of hydrogen-bond acceptors (Lipinski definition) is 1. The number of nitrogens with two attached hydrogens (primary N) is 1. The van der Waals surface area contributed by atoms with Crippen LogP contribution in [0.25, 0.3) is 0 Å². The number of hydrogen-bond donors (Lipinski definition) is 2. The summed E-state index contributed by atoms with van der Waals surface area (Å²) in [5.41, 5.74) is 5.83. The number of nitrogen functional groups attached to an aromatic ring is 1. The van der Waals surface area contributed by atoms with Crippen molar-refractivity contribution >= 4 is 5.84 Å². The molecule has 0 atom stereocenters. The lowest BCUT2D eigenvalue weighted by atomic mass is 10.1. The van der Waals surface area contributed by atoms with E-state index < -0.39 is 5.82 Å². The summed E-state index contributed by atoms with van der Waals surface area (Å²) in [5, 5.41) is 6.99. The van der Waals surface area contributed by atoms with Gasteiger partial charge in [-0.25, -0.2) is 4.39 Å². The summed E-state index contributed by atoms with van der Waals surface area (Å²) in [6, 6.07) is 4.25. The standard InChI is InChI=1S/C8H8FN2/c1-5-2-3-6(8(10)11)4-7(5)9/h2-4H,1H2,(H3,10,11). The molecular weight excluding hydrogens is 143 g/mol. The highest BCUT2D eigenvalue weighted by atomic mass is 19.1. The van der Waals surface area contributed by atoms with Crippen LogP contribution in [0.1, 0.15) is 11.1 Å². The molecule has 0 aliphatic rings. The van der Waals surface area contributed by atoms with Crippen LogP contribution in [0.4, 0.5) is 4.39 Å². The van der Waals surface area contributed by atoms with Gasteiger partial charge in [-0.1, -0.05) is 12.1 Å². The van der Waals surface area contributed by atoms with Gasteiger partial charge < -0.3 is 5.73 Å². The van der Waals surface area contributed by atoms with Crippen molar-refractivity contribution in [1.29, 1.82) is 5.41 Å². The molecule has 1 aromatic rings. The molecule has 2 nitrogen and oxygen atoms in total. The molecule has 0 aliphatic carbocycles. The van der Waals surface area contributed by atoms with Gasteiger partial charge in [0.2, 0.25) is 0 Å². The molecule has 0 bridgehead atoms. The van der Waals surface area contributed by atoms with Crippen LogP contribution in [0, 0.1) is 18.2 Å². The first-order valence-corrected chi connectivity index (χ1v) is 3.07. The first-order chi connectivity index (χ1) is 5.11. The van der Waals surface area contributed by atoms with Crippen molar-refractivity contribution in [2.75, 3.05) is 0 Å². The first kappa shape index (κ1) is 7.72. The van der Waals surface area contributed by atoms with E-state index in [4.69, 9.17) is 11.1 Å². The van der Waals surface area contributed by atoms with Gasteiger partial charge in [0, 0.05) is 5.56 Å². The fourth-order valence-electron chi connectivity index (χ4n) is 0.715. The molecule has 1 rings (SSSR count). The summed E-state index contributed by atoms with van der Waals surface area (Å²) in [6.45, 7) is 3.43. The molecular formula is C8H8FN2. The second kappa shape index (κ2) is 2.70. The quantitative estimate of drug-likeness (QED) is 0.461. The van der Waals surface area contributed by atoms with Crippen molar-refractivity contribution in [2.45, 2.75) is 0 Å². The number of amidine groups is 1. The molecule has 0 saturated heterocycles. The fraction of sp³-hybridized carbons (Fsp3) is 0. The molecule has 0 spiro atoms. The van der Waals surface area contributed by atoms with Gasteiger partial charge in [-0.3, -0.25) is 5.41 Å². The topological polar surface area (TPSA) is 49.9 Å². The highest BCUT2D eigenvalue weighted by molar-refractivity contribution is 5.94. The molecule has 1 radical (unpaired) electrons. The lowest BCUT2D eigenvalue weighted by Gasteiger charge is -1.99. The summed E-state index contributed by atoms with van der Waals surface area (Å²) in [6.07, 6.45) is 0. The average molecular weight is 151 g/mol. The molecule has 0 heterocycles. The third-order valence-corrected chi connectivity index (χ3v) is 1.36. The summed E-state index contributed by atoms with van der Waals surface area (Å²) >= 11 is 0. The van der Waals surface area contributed by atoms with Gasteiger partial charge in [0.15, 0.2) is 0 Å². The van der Waals surface area contributed by atoms with E-state index in [2.05, 4.69) is 6.92 Å². The molecule has 0 aromatic heterocycles. The number of halogens is 1. The summed E-state index contributed by atoms with van der Waals surface area (Å²) in [5.74, 6) is -0.568. The number of benzene rings is 1. The Morgan fingerprint density at radius 1 is 1.55 bits per heavy atom.